The van der Waals surface area contributed by atoms with Crippen LogP contribution < -0.4 is 5.32 Å². The van der Waals surface area contributed by atoms with E-state index in [1.54, 1.807) is 0 Å². The van der Waals surface area contributed by atoms with Gasteiger partial charge >= 0.3 is 0 Å². The van der Waals surface area contributed by atoms with Crippen LogP contribution in [0, 0.1) is 11.3 Å². The Morgan fingerprint density at radius 2 is 1.74 bits per heavy atom. The summed E-state index contributed by atoms with van der Waals surface area (Å²) in [5, 5.41) is 13.6. The SMILES string of the molecule is N#CCSc1ccc(NC(=O)c2ccc3ccccc3c2)cc1. The fourth-order valence-electron chi connectivity index (χ4n) is 2.28. The maximum absolute atomic E-state index is 12.4. The van der Waals surface area contributed by atoms with Gasteiger partial charge in [-0.15, -0.1) is 11.8 Å². The summed E-state index contributed by atoms with van der Waals surface area (Å²) in [6.07, 6.45) is 0. The van der Waals surface area contributed by atoms with E-state index < -0.39 is 0 Å². The number of nitriles is 1. The molecule has 0 heterocycles. The quantitative estimate of drug-likeness (QED) is 0.709. The van der Waals surface area contributed by atoms with Crippen LogP contribution in [0.25, 0.3) is 10.8 Å². The third-order valence-electron chi connectivity index (χ3n) is 3.43. The van der Waals surface area contributed by atoms with Gasteiger partial charge in [-0.3, -0.25) is 4.79 Å². The summed E-state index contributed by atoms with van der Waals surface area (Å²) >= 11 is 1.47. The van der Waals surface area contributed by atoms with Gasteiger partial charge in [-0.25, -0.2) is 0 Å². The van der Waals surface area contributed by atoms with Gasteiger partial charge in [0.05, 0.1) is 11.8 Å². The molecule has 0 aliphatic rings. The number of thioether (sulfide) groups is 1. The third-order valence-corrected chi connectivity index (χ3v) is 4.31. The zero-order chi connectivity index (χ0) is 16.1. The minimum atomic E-state index is -0.131. The zero-order valence-corrected chi connectivity index (χ0v) is 13.1. The number of hydrogen-bond acceptors (Lipinski definition) is 3. The monoisotopic (exact) mass is 318 g/mol. The number of nitrogens with zero attached hydrogens (tertiary/aromatic N) is 1. The maximum Gasteiger partial charge on any atom is 0.255 e. The van der Waals surface area contributed by atoms with E-state index in [1.165, 1.54) is 11.8 Å². The van der Waals surface area contributed by atoms with Crippen LogP contribution in [0.1, 0.15) is 10.4 Å². The van der Waals surface area contributed by atoms with Crippen LogP contribution in [0.2, 0.25) is 0 Å². The van der Waals surface area contributed by atoms with E-state index in [9.17, 15) is 4.79 Å². The molecule has 112 valence electrons. The zero-order valence-electron chi connectivity index (χ0n) is 12.3. The second-order valence-electron chi connectivity index (χ2n) is 4.99. The molecule has 1 N–H and O–H groups in total. The first-order valence-electron chi connectivity index (χ1n) is 7.16. The standard InChI is InChI=1S/C19H14N2OS/c20-11-12-23-18-9-7-17(8-10-18)21-19(22)16-6-5-14-3-1-2-4-15(14)13-16/h1-10,13H,12H2,(H,21,22). The lowest BCUT2D eigenvalue weighted by atomic mass is 10.1. The number of hydrogen-bond donors (Lipinski definition) is 1. The Balaban J connectivity index is 1.73. The molecule has 0 atom stereocenters. The lowest BCUT2D eigenvalue weighted by Crippen LogP contribution is -2.11. The van der Waals surface area contributed by atoms with Gasteiger partial charge in [0, 0.05) is 16.1 Å². The van der Waals surface area contributed by atoms with Crippen LogP contribution in [0.3, 0.4) is 0 Å². The van der Waals surface area contributed by atoms with Gasteiger partial charge in [-0.05, 0) is 47.2 Å². The van der Waals surface area contributed by atoms with Gasteiger partial charge < -0.3 is 5.32 Å². The smallest absolute Gasteiger partial charge is 0.255 e. The van der Waals surface area contributed by atoms with Crippen LogP contribution >= 0.6 is 11.8 Å². The Kier molecular flexibility index (Phi) is 4.60. The summed E-state index contributed by atoms with van der Waals surface area (Å²) < 4.78 is 0. The number of rotatable bonds is 4. The van der Waals surface area contributed by atoms with Crippen molar-refractivity contribution in [3.8, 4) is 6.07 Å². The molecule has 4 heteroatoms. The third kappa shape index (κ3) is 3.71. The Morgan fingerprint density at radius 3 is 2.48 bits per heavy atom. The molecule has 3 aromatic carbocycles. The fraction of sp³-hybridized carbons (Fsp3) is 0.0526. The lowest BCUT2D eigenvalue weighted by Gasteiger charge is -2.07. The summed E-state index contributed by atoms with van der Waals surface area (Å²) in [4.78, 5) is 13.4. The number of fused-ring (bicyclic) bond motifs is 1. The molecule has 1 amide bonds. The molecular formula is C19H14N2OS. The molecule has 0 saturated carbocycles. The van der Waals surface area contributed by atoms with E-state index >= 15 is 0 Å². The molecule has 0 aromatic heterocycles. The van der Waals surface area contributed by atoms with Crippen molar-refractivity contribution in [2.45, 2.75) is 4.90 Å². The Morgan fingerprint density at radius 1 is 1.00 bits per heavy atom. The van der Waals surface area contributed by atoms with Gasteiger partial charge in [0.25, 0.3) is 5.91 Å². The number of carbonyl (C=O) groups is 1. The number of anilines is 1. The Labute approximate surface area is 138 Å². The summed E-state index contributed by atoms with van der Waals surface area (Å²) in [6, 6.07) is 23.2. The van der Waals surface area contributed by atoms with E-state index in [4.69, 9.17) is 5.26 Å². The second kappa shape index (κ2) is 6.99. The highest BCUT2D eigenvalue weighted by atomic mass is 32.2. The number of amides is 1. The minimum Gasteiger partial charge on any atom is -0.322 e. The first-order chi connectivity index (χ1) is 11.3. The van der Waals surface area contributed by atoms with Gasteiger partial charge in [-0.2, -0.15) is 5.26 Å². The van der Waals surface area contributed by atoms with Crippen molar-refractivity contribution < 1.29 is 4.79 Å². The highest BCUT2D eigenvalue weighted by molar-refractivity contribution is 7.99. The number of carbonyl (C=O) groups excluding carboxylic acids is 1. The van der Waals surface area contributed by atoms with Gasteiger partial charge in [0.15, 0.2) is 0 Å². The lowest BCUT2D eigenvalue weighted by molar-refractivity contribution is 0.102. The van der Waals surface area contributed by atoms with Crippen molar-refractivity contribution in [2.75, 3.05) is 11.1 Å². The number of nitrogens with one attached hydrogen (secondary N) is 1. The molecule has 3 nitrogen and oxygen atoms in total. The highest BCUT2D eigenvalue weighted by Gasteiger charge is 2.07. The van der Waals surface area contributed by atoms with Crippen molar-refractivity contribution >= 4 is 34.1 Å². The van der Waals surface area contributed by atoms with Crippen LogP contribution in [0.4, 0.5) is 5.69 Å². The average molecular weight is 318 g/mol. The molecule has 3 aromatic rings. The van der Waals surface area contributed by atoms with E-state index in [2.05, 4.69) is 11.4 Å². The Bertz CT molecular complexity index is 882. The topological polar surface area (TPSA) is 52.9 Å². The maximum atomic E-state index is 12.4. The molecule has 0 aliphatic carbocycles. The molecule has 0 fully saturated rings. The van der Waals surface area contributed by atoms with Crippen molar-refractivity contribution in [3.63, 3.8) is 0 Å². The van der Waals surface area contributed by atoms with E-state index in [1.807, 2.05) is 66.7 Å². The summed E-state index contributed by atoms with van der Waals surface area (Å²) in [5.74, 6) is 0.288. The van der Waals surface area contributed by atoms with Crippen LogP contribution in [0.5, 0.6) is 0 Å². The van der Waals surface area contributed by atoms with Gasteiger partial charge in [0.2, 0.25) is 0 Å². The Hall–Kier alpha value is -2.77. The molecule has 0 aliphatic heterocycles. The fourth-order valence-corrected chi connectivity index (χ4v) is 2.84. The first-order valence-corrected chi connectivity index (χ1v) is 8.15. The minimum absolute atomic E-state index is 0.131. The molecule has 0 bridgehead atoms. The van der Waals surface area contributed by atoms with Crippen LogP contribution in [0.15, 0.2) is 71.6 Å². The van der Waals surface area contributed by atoms with Crippen molar-refractivity contribution in [2.24, 2.45) is 0 Å². The second-order valence-corrected chi connectivity index (χ2v) is 6.04. The summed E-state index contributed by atoms with van der Waals surface area (Å²) in [7, 11) is 0. The van der Waals surface area contributed by atoms with Crippen LogP contribution in [-0.4, -0.2) is 11.7 Å². The van der Waals surface area contributed by atoms with Gasteiger partial charge in [-0.1, -0.05) is 30.3 Å². The molecular weight excluding hydrogens is 304 g/mol. The normalized spacial score (nSPS) is 10.2. The van der Waals surface area contributed by atoms with Crippen molar-refractivity contribution in [1.82, 2.24) is 0 Å². The largest absolute Gasteiger partial charge is 0.322 e. The van der Waals surface area contributed by atoms with Crippen molar-refractivity contribution in [1.29, 1.82) is 5.26 Å². The van der Waals surface area contributed by atoms with Crippen molar-refractivity contribution in [3.05, 3.63) is 72.3 Å². The van der Waals surface area contributed by atoms with Gasteiger partial charge in [0.1, 0.15) is 0 Å². The molecule has 0 radical (unpaired) electrons. The number of benzene rings is 3. The predicted molar refractivity (Wildman–Crippen MR) is 94.7 cm³/mol. The van der Waals surface area contributed by atoms with E-state index in [-0.39, 0.29) is 5.91 Å². The summed E-state index contributed by atoms with van der Waals surface area (Å²) in [6.45, 7) is 0. The predicted octanol–water partition coefficient (Wildman–Crippen LogP) is 4.71. The summed E-state index contributed by atoms with van der Waals surface area (Å²) in [5.41, 5.74) is 1.37. The highest BCUT2D eigenvalue weighted by Crippen LogP contribution is 2.21. The molecule has 0 unspecified atom stereocenters. The van der Waals surface area contributed by atoms with Crippen LogP contribution in [-0.2, 0) is 0 Å². The van der Waals surface area contributed by atoms with E-state index in [0.717, 1.165) is 21.4 Å². The molecule has 0 spiro atoms. The van der Waals surface area contributed by atoms with E-state index in [0.29, 0.717) is 11.3 Å². The average Bonchev–Trinajstić information content (AvgIpc) is 2.60. The molecule has 0 saturated heterocycles. The molecule has 3 rings (SSSR count). The first kappa shape index (κ1) is 15.1. The molecule has 23 heavy (non-hydrogen) atoms.